The van der Waals surface area contributed by atoms with Crippen molar-refractivity contribution in [1.82, 2.24) is 20.7 Å². The summed E-state index contributed by atoms with van der Waals surface area (Å²) in [5.41, 5.74) is 1.15. The van der Waals surface area contributed by atoms with Crippen molar-refractivity contribution in [1.29, 1.82) is 5.26 Å². The Hall–Kier alpha value is -5.05. The van der Waals surface area contributed by atoms with Crippen LogP contribution in [0.4, 0.5) is 10.1 Å². The minimum absolute atomic E-state index is 0.00907. The molecule has 0 spiro atoms. The molecule has 2 heterocycles. The predicted molar refractivity (Wildman–Crippen MR) is 140 cm³/mol. The van der Waals surface area contributed by atoms with Crippen LogP contribution in [-0.2, 0) is 20.8 Å². The van der Waals surface area contributed by atoms with Crippen LogP contribution in [0.5, 0.6) is 0 Å². The zero-order chi connectivity index (χ0) is 28.6. The summed E-state index contributed by atoms with van der Waals surface area (Å²) in [6.45, 7) is 1.18. The molecule has 1 aromatic heterocycles. The highest BCUT2D eigenvalue weighted by Gasteiger charge is 2.39. The molecule has 4 amide bonds. The molecule has 1 aliphatic heterocycles. The number of halogens is 1. The second-order valence-electron chi connectivity index (χ2n) is 9.38. The Kier molecular flexibility index (Phi) is 8.86. The van der Waals surface area contributed by atoms with Gasteiger partial charge in [0, 0.05) is 24.7 Å². The number of amides is 4. The summed E-state index contributed by atoms with van der Waals surface area (Å²) < 4.78 is 18.3. The number of hydrogen-bond donors (Lipinski definition) is 3. The van der Waals surface area contributed by atoms with Gasteiger partial charge in [-0.25, -0.2) is 4.39 Å². The van der Waals surface area contributed by atoms with E-state index in [1.807, 2.05) is 12.1 Å². The number of nitrogens with one attached hydrogen (secondary N) is 3. The number of aromatic nitrogens is 1. The van der Waals surface area contributed by atoms with E-state index in [0.29, 0.717) is 17.0 Å². The average molecular weight is 547 g/mol. The van der Waals surface area contributed by atoms with E-state index in [2.05, 4.69) is 21.1 Å². The van der Waals surface area contributed by atoms with Gasteiger partial charge in [-0.15, -0.1) is 0 Å². The first-order valence-corrected chi connectivity index (χ1v) is 12.5. The highest BCUT2D eigenvalue weighted by atomic mass is 19.1. The molecule has 0 bridgehead atoms. The molecule has 3 unspecified atom stereocenters. The third kappa shape index (κ3) is 7.08. The molecule has 2 aromatic carbocycles. The van der Waals surface area contributed by atoms with E-state index in [0.717, 1.165) is 0 Å². The lowest BCUT2D eigenvalue weighted by molar-refractivity contribution is -0.133. The number of carbonyl (C=O) groups is 4. The van der Waals surface area contributed by atoms with Crippen molar-refractivity contribution in [3.8, 4) is 6.07 Å². The lowest BCUT2D eigenvalue weighted by atomic mass is 10.0. The third-order valence-corrected chi connectivity index (χ3v) is 6.43. The maximum atomic E-state index is 13.4. The minimum Gasteiger partial charge on any atom is -0.361 e. The Labute approximate surface area is 229 Å². The lowest BCUT2D eigenvalue weighted by Gasteiger charge is -2.22. The Morgan fingerprint density at radius 3 is 2.52 bits per heavy atom. The molecular formula is C28H27FN6O5. The Balaban J connectivity index is 1.39. The Bertz CT molecular complexity index is 1420. The van der Waals surface area contributed by atoms with E-state index in [1.54, 1.807) is 31.2 Å². The highest BCUT2D eigenvalue weighted by Crippen LogP contribution is 2.24. The molecular weight excluding hydrogens is 519 g/mol. The molecule has 0 radical (unpaired) electrons. The van der Waals surface area contributed by atoms with Crippen molar-refractivity contribution in [2.75, 3.05) is 18.4 Å². The van der Waals surface area contributed by atoms with E-state index in [-0.39, 0.29) is 31.0 Å². The van der Waals surface area contributed by atoms with Crippen molar-refractivity contribution >= 4 is 29.3 Å². The zero-order valence-electron chi connectivity index (χ0n) is 21.6. The van der Waals surface area contributed by atoms with Crippen LogP contribution < -0.4 is 16.0 Å². The monoisotopic (exact) mass is 546 g/mol. The van der Waals surface area contributed by atoms with Gasteiger partial charge >= 0.3 is 0 Å². The van der Waals surface area contributed by atoms with Gasteiger partial charge in [-0.3, -0.25) is 19.2 Å². The van der Waals surface area contributed by atoms with E-state index >= 15 is 0 Å². The predicted octanol–water partition coefficient (Wildman–Crippen LogP) is 1.96. The number of nitrogens with zero attached hydrogens (tertiary/aromatic N) is 3. The molecule has 1 fully saturated rings. The number of anilines is 1. The summed E-state index contributed by atoms with van der Waals surface area (Å²) in [6.07, 6.45) is 0.171. The minimum atomic E-state index is -1.13. The SMILES string of the molecule is Cc1cc(C(=O)NC(Cc2ccc(F)cc2)C(=O)NCC(=O)N2CC(C(=O)Nc3ccccc3)CC2C#N)no1. The second kappa shape index (κ2) is 12.7. The molecule has 4 rings (SSSR count). The van der Waals surface area contributed by atoms with Crippen molar-refractivity contribution in [3.05, 3.63) is 83.5 Å². The Morgan fingerprint density at radius 1 is 1.15 bits per heavy atom. The van der Waals surface area contributed by atoms with E-state index in [4.69, 9.17) is 4.52 Å². The first kappa shape index (κ1) is 28.0. The summed E-state index contributed by atoms with van der Waals surface area (Å²) in [5.74, 6) is -2.83. The number of carbonyl (C=O) groups excluding carboxylic acids is 4. The molecule has 1 saturated heterocycles. The Morgan fingerprint density at radius 2 is 1.88 bits per heavy atom. The van der Waals surface area contributed by atoms with Crippen LogP contribution in [0.15, 0.2) is 65.2 Å². The first-order valence-electron chi connectivity index (χ1n) is 12.5. The van der Waals surface area contributed by atoms with Gasteiger partial charge in [0.2, 0.25) is 17.7 Å². The van der Waals surface area contributed by atoms with E-state index < -0.39 is 48.1 Å². The molecule has 40 heavy (non-hydrogen) atoms. The molecule has 3 atom stereocenters. The summed E-state index contributed by atoms with van der Waals surface area (Å²) in [5, 5.41) is 21.1. The molecule has 206 valence electrons. The van der Waals surface area contributed by atoms with Crippen LogP contribution in [0.2, 0.25) is 0 Å². The van der Waals surface area contributed by atoms with Gasteiger partial charge in [0.25, 0.3) is 5.91 Å². The summed E-state index contributed by atoms with van der Waals surface area (Å²) in [7, 11) is 0. The van der Waals surface area contributed by atoms with Gasteiger partial charge in [-0.1, -0.05) is 35.5 Å². The van der Waals surface area contributed by atoms with Crippen molar-refractivity contribution in [2.45, 2.75) is 31.8 Å². The zero-order valence-corrected chi connectivity index (χ0v) is 21.6. The van der Waals surface area contributed by atoms with Crippen molar-refractivity contribution in [3.63, 3.8) is 0 Å². The van der Waals surface area contributed by atoms with Gasteiger partial charge in [0.1, 0.15) is 23.7 Å². The molecule has 3 N–H and O–H groups in total. The maximum absolute atomic E-state index is 13.4. The number of rotatable bonds is 9. The third-order valence-electron chi connectivity index (χ3n) is 6.43. The van der Waals surface area contributed by atoms with Crippen LogP contribution in [-0.4, -0.2) is 58.9 Å². The molecule has 11 nitrogen and oxygen atoms in total. The number of para-hydroxylation sites is 1. The van der Waals surface area contributed by atoms with Crippen molar-refractivity contribution < 1.29 is 28.1 Å². The summed E-state index contributed by atoms with van der Waals surface area (Å²) in [6, 6.07) is 15.8. The number of benzene rings is 2. The van der Waals surface area contributed by atoms with Gasteiger partial charge < -0.3 is 25.4 Å². The normalized spacial score (nSPS) is 17.0. The average Bonchev–Trinajstić information content (AvgIpc) is 3.59. The molecule has 0 aliphatic carbocycles. The van der Waals surface area contributed by atoms with Gasteiger partial charge in [-0.2, -0.15) is 5.26 Å². The van der Waals surface area contributed by atoms with Gasteiger partial charge in [0.05, 0.1) is 18.5 Å². The fraction of sp³-hybridized carbons (Fsp3) is 0.286. The first-order chi connectivity index (χ1) is 19.2. The number of nitriles is 1. The number of aryl methyl sites for hydroxylation is 1. The summed E-state index contributed by atoms with van der Waals surface area (Å²) in [4.78, 5) is 52.7. The van der Waals surface area contributed by atoms with Gasteiger partial charge in [-0.05, 0) is 43.2 Å². The highest BCUT2D eigenvalue weighted by molar-refractivity contribution is 5.97. The molecule has 0 saturated carbocycles. The number of likely N-dealkylation sites (tertiary alicyclic amines) is 1. The van der Waals surface area contributed by atoms with E-state index in [1.165, 1.54) is 35.2 Å². The van der Waals surface area contributed by atoms with E-state index in [9.17, 15) is 28.8 Å². The lowest BCUT2D eigenvalue weighted by Crippen LogP contribution is -2.51. The van der Waals surface area contributed by atoms with Crippen LogP contribution in [0.3, 0.4) is 0 Å². The van der Waals surface area contributed by atoms with Crippen LogP contribution in [0.25, 0.3) is 0 Å². The van der Waals surface area contributed by atoms with Crippen LogP contribution >= 0.6 is 0 Å². The molecule has 12 heteroatoms. The van der Waals surface area contributed by atoms with Crippen LogP contribution in [0.1, 0.15) is 28.2 Å². The fourth-order valence-electron chi connectivity index (χ4n) is 4.35. The maximum Gasteiger partial charge on any atom is 0.274 e. The topological polar surface area (TPSA) is 157 Å². The number of hydrogen-bond acceptors (Lipinski definition) is 7. The fourth-order valence-corrected chi connectivity index (χ4v) is 4.35. The standard InChI is InChI=1S/C28H27FN6O5/c1-17-11-24(34-40-17)28(39)33-23(12-18-7-9-20(29)10-8-18)27(38)31-15-25(36)35-16-19(13-22(35)14-30)26(37)32-21-5-3-2-4-6-21/h2-11,19,22-23H,12-13,15-16H2,1H3,(H,31,38)(H,32,37)(H,33,39). The largest absolute Gasteiger partial charge is 0.361 e. The van der Waals surface area contributed by atoms with Crippen molar-refractivity contribution in [2.24, 2.45) is 5.92 Å². The molecule has 3 aromatic rings. The smallest absolute Gasteiger partial charge is 0.274 e. The summed E-state index contributed by atoms with van der Waals surface area (Å²) >= 11 is 0. The quantitative estimate of drug-likeness (QED) is 0.370. The second-order valence-corrected chi connectivity index (χ2v) is 9.38. The molecule has 1 aliphatic rings. The van der Waals surface area contributed by atoms with Crippen LogP contribution in [0, 0.1) is 30.0 Å². The van der Waals surface area contributed by atoms with Gasteiger partial charge in [0.15, 0.2) is 5.69 Å².